The maximum atomic E-state index is 13.1. The molecule has 1 saturated heterocycles. The van der Waals surface area contributed by atoms with Gasteiger partial charge in [0.25, 0.3) is 0 Å². The largest absolute Gasteiger partial charge is 0.480 e. The number of amides is 2. The molecule has 0 aromatic heterocycles. The molecule has 34 heavy (non-hydrogen) atoms. The highest BCUT2D eigenvalue weighted by atomic mass is 32.2. The van der Waals surface area contributed by atoms with Gasteiger partial charge in [-0.05, 0) is 35.6 Å². The summed E-state index contributed by atoms with van der Waals surface area (Å²) >= 11 is 1.46. The molecule has 1 heterocycles. The van der Waals surface area contributed by atoms with Crippen molar-refractivity contribution in [2.24, 2.45) is 5.41 Å². The van der Waals surface area contributed by atoms with Gasteiger partial charge in [-0.1, -0.05) is 62.4 Å². The van der Waals surface area contributed by atoms with Gasteiger partial charge in [0.2, 0.25) is 5.91 Å². The van der Waals surface area contributed by atoms with E-state index in [-0.39, 0.29) is 30.4 Å². The minimum atomic E-state index is -0.988. The van der Waals surface area contributed by atoms with Gasteiger partial charge in [-0.15, -0.1) is 11.8 Å². The van der Waals surface area contributed by atoms with Gasteiger partial charge in [-0.3, -0.25) is 4.79 Å². The second-order valence-corrected chi connectivity index (χ2v) is 10.7. The standard InChI is InChI=1S/C26H30N2O5S/c1-16-28(22(15-34-16)23(29)30)24(31)26(2,3)12-13-27-25(32)33-14-21-19-10-6-4-8-17(19)18-9-5-7-11-20(18)21/h4-11,16,21-22H,12-15H2,1-3H3,(H,27,32)(H,29,30). The molecule has 0 spiro atoms. The molecule has 0 bridgehead atoms. The number of aliphatic carboxylic acids is 1. The minimum Gasteiger partial charge on any atom is -0.480 e. The Morgan fingerprint density at radius 2 is 1.68 bits per heavy atom. The number of hydrogen-bond acceptors (Lipinski definition) is 5. The molecule has 8 heteroatoms. The quantitative estimate of drug-likeness (QED) is 0.610. The first-order valence-corrected chi connectivity index (χ1v) is 12.5. The zero-order valence-corrected chi connectivity index (χ0v) is 20.4. The normalized spacial score (nSPS) is 19.4. The van der Waals surface area contributed by atoms with Crippen LogP contribution in [0.5, 0.6) is 0 Å². The number of benzene rings is 2. The topological polar surface area (TPSA) is 95.9 Å². The summed E-state index contributed by atoms with van der Waals surface area (Å²) in [5.41, 5.74) is 3.81. The Morgan fingerprint density at radius 1 is 1.09 bits per heavy atom. The van der Waals surface area contributed by atoms with E-state index in [1.54, 1.807) is 13.8 Å². The van der Waals surface area contributed by atoms with Gasteiger partial charge in [0, 0.05) is 23.6 Å². The van der Waals surface area contributed by atoms with E-state index in [2.05, 4.69) is 29.6 Å². The highest BCUT2D eigenvalue weighted by Gasteiger charge is 2.44. The van der Waals surface area contributed by atoms with Crippen LogP contribution in [0, 0.1) is 5.41 Å². The Bertz CT molecular complexity index is 1060. The highest BCUT2D eigenvalue weighted by Crippen LogP contribution is 2.44. The summed E-state index contributed by atoms with van der Waals surface area (Å²) in [6.07, 6.45) is -0.158. The molecule has 2 atom stereocenters. The summed E-state index contributed by atoms with van der Waals surface area (Å²) in [6, 6.07) is 15.5. The van der Waals surface area contributed by atoms with Crippen LogP contribution >= 0.6 is 11.8 Å². The number of hydrogen-bond donors (Lipinski definition) is 2. The maximum absolute atomic E-state index is 13.1. The number of carbonyl (C=O) groups is 3. The molecular weight excluding hydrogens is 452 g/mol. The smallest absolute Gasteiger partial charge is 0.407 e. The summed E-state index contributed by atoms with van der Waals surface area (Å²) < 4.78 is 5.55. The number of fused-ring (bicyclic) bond motifs is 3. The molecule has 2 N–H and O–H groups in total. The monoisotopic (exact) mass is 482 g/mol. The Morgan fingerprint density at radius 3 is 2.26 bits per heavy atom. The van der Waals surface area contributed by atoms with E-state index in [1.165, 1.54) is 27.8 Å². The van der Waals surface area contributed by atoms with Gasteiger partial charge in [-0.2, -0.15) is 0 Å². The molecule has 0 radical (unpaired) electrons. The lowest BCUT2D eigenvalue weighted by Gasteiger charge is -2.33. The average Bonchev–Trinajstić information content (AvgIpc) is 3.35. The van der Waals surface area contributed by atoms with Gasteiger partial charge >= 0.3 is 12.1 Å². The summed E-state index contributed by atoms with van der Waals surface area (Å²) in [6.45, 7) is 5.89. The van der Waals surface area contributed by atoms with E-state index in [4.69, 9.17) is 4.74 Å². The van der Waals surface area contributed by atoms with Crippen LogP contribution < -0.4 is 5.32 Å². The minimum absolute atomic E-state index is 0.0155. The molecule has 0 saturated carbocycles. The molecule has 180 valence electrons. The zero-order chi connectivity index (χ0) is 24.5. The first-order valence-electron chi connectivity index (χ1n) is 11.5. The van der Waals surface area contributed by atoms with Crippen LogP contribution in [0.25, 0.3) is 11.1 Å². The summed E-state index contributed by atoms with van der Waals surface area (Å²) in [7, 11) is 0. The van der Waals surface area contributed by atoms with Crippen molar-refractivity contribution in [1.82, 2.24) is 10.2 Å². The number of rotatable bonds is 7. The highest BCUT2D eigenvalue weighted by molar-refractivity contribution is 8.00. The van der Waals surface area contributed by atoms with Gasteiger partial charge in [0.15, 0.2) is 0 Å². The molecule has 1 aliphatic heterocycles. The number of carboxylic acids is 1. The van der Waals surface area contributed by atoms with Crippen molar-refractivity contribution in [2.45, 2.75) is 44.5 Å². The molecule has 2 unspecified atom stereocenters. The molecule has 7 nitrogen and oxygen atoms in total. The molecule has 4 rings (SSSR count). The van der Waals surface area contributed by atoms with Gasteiger partial charge < -0.3 is 20.1 Å². The molecule has 1 fully saturated rings. The summed E-state index contributed by atoms with van der Waals surface area (Å²) in [4.78, 5) is 38.5. The second-order valence-electron chi connectivity index (χ2n) is 9.39. The van der Waals surface area contributed by atoms with Crippen molar-refractivity contribution in [3.63, 3.8) is 0 Å². The first-order chi connectivity index (χ1) is 16.2. The third-order valence-electron chi connectivity index (χ3n) is 6.68. The van der Waals surface area contributed by atoms with Crippen molar-refractivity contribution in [3.05, 3.63) is 59.7 Å². The third kappa shape index (κ3) is 4.64. The molecule has 2 amide bonds. The number of alkyl carbamates (subject to hydrolysis) is 1. The van der Waals surface area contributed by atoms with Crippen LogP contribution in [-0.4, -0.2) is 58.3 Å². The van der Waals surface area contributed by atoms with Crippen LogP contribution in [0.2, 0.25) is 0 Å². The Balaban J connectivity index is 1.31. The molecule has 2 aliphatic rings. The van der Waals surface area contributed by atoms with E-state index < -0.39 is 23.5 Å². The number of thioether (sulfide) groups is 1. The Hall–Kier alpha value is -3.00. The van der Waals surface area contributed by atoms with Gasteiger partial charge in [-0.25, -0.2) is 9.59 Å². The number of nitrogens with zero attached hydrogens (tertiary/aromatic N) is 1. The molecule has 2 aromatic carbocycles. The maximum Gasteiger partial charge on any atom is 0.407 e. The predicted molar refractivity (Wildman–Crippen MR) is 132 cm³/mol. The van der Waals surface area contributed by atoms with Gasteiger partial charge in [0.05, 0.1) is 5.37 Å². The van der Waals surface area contributed by atoms with Crippen LogP contribution in [0.1, 0.15) is 44.2 Å². The molecule has 2 aromatic rings. The van der Waals surface area contributed by atoms with E-state index >= 15 is 0 Å². The number of ether oxygens (including phenoxy) is 1. The lowest BCUT2D eigenvalue weighted by molar-refractivity contribution is -0.153. The predicted octanol–water partition coefficient (Wildman–Crippen LogP) is 4.32. The Kier molecular flexibility index (Phi) is 6.89. The first kappa shape index (κ1) is 24.1. The Labute approximate surface area is 203 Å². The van der Waals surface area contributed by atoms with Crippen LogP contribution in [0.4, 0.5) is 4.79 Å². The van der Waals surface area contributed by atoms with E-state index in [0.717, 1.165) is 11.1 Å². The number of carboxylic acid groups (broad SMARTS) is 1. The average molecular weight is 483 g/mol. The van der Waals surface area contributed by atoms with Crippen molar-refractivity contribution in [3.8, 4) is 11.1 Å². The van der Waals surface area contributed by atoms with Crippen LogP contribution in [-0.2, 0) is 14.3 Å². The molecular formula is C26H30N2O5S. The van der Waals surface area contributed by atoms with E-state index in [9.17, 15) is 19.5 Å². The van der Waals surface area contributed by atoms with Crippen LogP contribution in [0.3, 0.4) is 0 Å². The number of carbonyl (C=O) groups excluding carboxylic acids is 2. The van der Waals surface area contributed by atoms with Gasteiger partial charge in [0.1, 0.15) is 12.6 Å². The second kappa shape index (κ2) is 9.70. The lowest BCUT2D eigenvalue weighted by atomic mass is 9.87. The van der Waals surface area contributed by atoms with E-state index in [0.29, 0.717) is 12.2 Å². The fraction of sp³-hybridized carbons (Fsp3) is 0.423. The summed E-state index contributed by atoms with van der Waals surface area (Å²) in [5, 5.41) is 12.0. The van der Waals surface area contributed by atoms with Crippen LogP contribution in [0.15, 0.2) is 48.5 Å². The fourth-order valence-electron chi connectivity index (χ4n) is 4.72. The third-order valence-corrected chi connectivity index (χ3v) is 7.90. The SMILES string of the molecule is CC1SCC(C(=O)O)N1C(=O)C(C)(C)CCNC(=O)OCC1c2ccccc2-c2ccccc21. The number of nitrogens with one attached hydrogen (secondary N) is 1. The van der Waals surface area contributed by atoms with E-state index in [1.807, 2.05) is 31.2 Å². The van der Waals surface area contributed by atoms with Crippen molar-refractivity contribution >= 4 is 29.7 Å². The molecule has 1 aliphatic carbocycles. The zero-order valence-electron chi connectivity index (χ0n) is 19.6. The van der Waals surface area contributed by atoms with Crippen molar-refractivity contribution < 1.29 is 24.2 Å². The van der Waals surface area contributed by atoms with Crippen molar-refractivity contribution in [2.75, 3.05) is 18.9 Å². The van der Waals surface area contributed by atoms with Crippen molar-refractivity contribution in [1.29, 1.82) is 0 Å². The fourth-order valence-corrected chi connectivity index (χ4v) is 5.89. The lowest BCUT2D eigenvalue weighted by Crippen LogP contribution is -2.50. The summed E-state index contributed by atoms with van der Waals surface area (Å²) in [5.74, 6) is -0.834.